The summed E-state index contributed by atoms with van der Waals surface area (Å²) < 4.78 is 27.8. The third-order valence-electron chi connectivity index (χ3n) is 3.60. The highest BCUT2D eigenvalue weighted by atomic mass is 32.2. The van der Waals surface area contributed by atoms with Gasteiger partial charge in [-0.2, -0.15) is 0 Å². The van der Waals surface area contributed by atoms with E-state index in [9.17, 15) is 18.0 Å². The summed E-state index contributed by atoms with van der Waals surface area (Å²) in [5.41, 5.74) is 0.604. The maximum absolute atomic E-state index is 12.0. The largest absolute Gasteiger partial charge is 0.461 e. The van der Waals surface area contributed by atoms with Crippen molar-refractivity contribution in [1.82, 2.24) is 4.90 Å². The first-order valence-electron chi connectivity index (χ1n) is 7.09. The summed E-state index contributed by atoms with van der Waals surface area (Å²) >= 11 is 0. The van der Waals surface area contributed by atoms with Gasteiger partial charge in [-0.05, 0) is 13.0 Å². The first-order valence-corrected chi connectivity index (χ1v) is 8.91. The minimum Gasteiger partial charge on any atom is -0.461 e. The Labute approximate surface area is 130 Å². The van der Waals surface area contributed by atoms with E-state index < -0.39 is 15.8 Å². The van der Waals surface area contributed by atoms with E-state index in [-0.39, 0.29) is 29.5 Å². The molecule has 1 aromatic rings. The van der Waals surface area contributed by atoms with E-state index in [0.717, 1.165) is 0 Å². The Morgan fingerprint density at radius 2 is 1.73 bits per heavy atom. The van der Waals surface area contributed by atoms with Gasteiger partial charge in [0.15, 0.2) is 15.6 Å². The molecule has 2 rings (SSSR count). The van der Waals surface area contributed by atoms with E-state index >= 15 is 0 Å². The van der Waals surface area contributed by atoms with Crippen LogP contribution >= 0.6 is 0 Å². The molecule has 0 spiro atoms. The number of Topliss-reactive ketones (excluding diaryl/α,β-unsaturated/α-hetero) is 1. The van der Waals surface area contributed by atoms with E-state index in [1.54, 1.807) is 24.3 Å². The van der Waals surface area contributed by atoms with Gasteiger partial charge in [-0.15, -0.1) is 0 Å². The molecule has 1 aromatic carbocycles. The Morgan fingerprint density at radius 1 is 1.14 bits per heavy atom. The number of hydrogen-bond donors (Lipinski definition) is 0. The maximum Gasteiger partial charge on any atom is 0.338 e. The van der Waals surface area contributed by atoms with Gasteiger partial charge in [0.05, 0.1) is 17.1 Å². The van der Waals surface area contributed by atoms with E-state index in [1.807, 2.05) is 4.90 Å². The molecule has 1 saturated heterocycles. The van der Waals surface area contributed by atoms with Crippen LogP contribution in [0.4, 0.5) is 0 Å². The molecule has 7 heteroatoms. The van der Waals surface area contributed by atoms with Crippen LogP contribution in [0, 0.1) is 0 Å². The summed E-state index contributed by atoms with van der Waals surface area (Å²) in [6.45, 7) is 2.99. The number of carbonyl (C=O) groups excluding carboxylic acids is 2. The van der Waals surface area contributed by atoms with Crippen molar-refractivity contribution in [2.24, 2.45) is 0 Å². The second-order valence-corrected chi connectivity index (χ2v) is 7.53. The van der Waals surface area contributed by atoms with E-state index in [2.05, 4.69) is 0 Å². The van der Waals surface area contributed by atoms with Crippen LogP contribution in [0.2, 0.25) is 0 Å². The first kappa shape index (κ1) is 16.6. The highest BCUT2D eigenvalue weighted by Gasteiger charge is 2.21. The lowest BCUT2D eigenvalue weighted by Crippen LogP contribution is -2.41. The molecular weight excluding hydrogens is 306 g/mol. The molecule has 0 saturated carbocycles. The van der Waals surface area contributed by atoms with Crippen LogP contribution in [-0.2, 0) is 14.6 Å². The smallest absolute Gasteiger partial charge is 0.338 e. The Bertz CT molecular complexity index is 654. The number of ether oxygens (including phenoxy) is 1. The average molecular weight is 325 g/mol. The molecule has 1 aliphatic heterocycles. The van der Waals surface area contributed by atoms with Gasteiger partial charge in [0.1, 0.15) is 6.61 Å². The lowest BCUT2D eigenvalue weighted by molar-refractivity contribution is 0.0462. The Morgan fingerprint density at radius 3 is 2.32 bits per heavy atom. The minimum atomic E-state index is -2.90. The van der Waals surface area contributed by atoms with Crippen LogP contribution in [0.15, 0.2) is 24.3 Å². The first-order chi connectivity index (χ1) is 10.4. The average Bonchev–Trinajstić information content (AvgIpc) is 2.48. The number of benzene rings is 1. The highest BCUT2D eigenvalue weighted by molar-refractivity contribution is 7.91. The summed E-state index contributed by atoms with van der Waals surface area (Å²) in [6, 6.07) is 6.53. The third kappa shape index (κ3) is 4.38. The fourth-order valence-corrected chi connectivity index (χ4v) is 3.56. The topological polar surface area (TPSA) is 80.8 Å². The zero-order valence-corrected chi connectivity index (χ0v) is 13.3. The lowest BCUT2D eigenvalue weighted by atomic mass is 10.0. The normalized spacial score (nSPS) is 17.9. The molecule has 6 nitrogen and oxygen atoms in total. The van der Waals surface area contributed by atoms with Crippen molar-refractivity contribution in [3.63, 3.8) is 0 Å². The van der Waals surface area contributed by atoms with Crippen molar-refractivity contribution in [1.29, 1.82) is 0 Å². The molecule has 0 aromatic heterocycles. The Balaban J connectivity index is 1.85. The molecular formula is C15H19NO5S. The monoisotopic (exact) mass is 325 g/mol. The molecule has 0 amide bonds. The Hall–Kier alpha value is -1.73. The second kappa shape index (κ2) is 7.02. The number of carbonyl (C=O) groups is 2. The van der Waals surface area contributed by atoms with Crippen LogP contribution in [0.5, 0.6) is 0 Å². The van der Waals surface area contributed by atoms with Crippen molar-refractivity contribution in [2.45, 2.75) is 6.92 Å². The predicted molar refractivity (Wildman–Crippen MR) is 81.8 cm³/mol. The van der Waals surface area contributed by atoms with Crippen molar-refractivity contribution in [3.05, 3.63) is 35.4 Å². The van der Waals surface area contributed by atoms with Crippen molar-refractivity contribution in [3.8, 4) is 0 Å². The van der Waals surface area contributed by atoms with Crippen molar-refractivity contribution < 1.29 is 22.7 Å². The number of sulfone groups is 1. The molecule has 0 unspecified atom stereocenters. The summed E-state index contributed by atoms with van der Waals surface area (Å²) in [6.07, 6.45) is 0. The molecule has 1 aliphatic rings. The number of esters is 1. The predicted octanol–water partition coefficient (Wildman–Crippen LogP) is 0.776. The van der Waals surface area contributed by atoms with Gasteiger partial charge in [-0.3, -0.25) is 9.69 Å². The summed E-state index contributed by atoms with van der Waals surface area (Å²) in [7, 11) is -2.90. The fraction of sp³-hybridized carbons (Fsp3) is 0.467. The standard InChI is InChI=1S/C15H19NO5S/c1-12(17)13-4-2-3-5-14(13)15(18)21-9-6-16-7-10-22(19,20)11-8-16/h2-5H,6-11H2,1H3. The molecule has 22 heavy (non-hydrogen) atoms. The van der Waals surface area contributed by atoms with E-state index in [0.29, 0.717) is 25.2 Å². The fourth-order valence-electron chi connectivity index (χ4n) is 2.29. The molecule has 0 N–H and O–H groups in total. The molecule has 0 atom stereocenters. The number of ketones is 1. The van der Waals surface area contributed by atoms with Crippen LogP contribution in [-0.4, -0.2) is 62.8 Å². The maximum atomic E-state index is 12.0. The molecule has 0 radical (unpaired) electrons. The van der Waals surface area contributed by atoms with Crippen LogP contribution < -0.4 is 0 Å². The summed E-state index contributed by atoms with van der Waals surface area (Å²) in [5, 5.41) is 0. The van der Waals surface area contributed by atoms with Crippen LogP contribution in [0.3, 0.4) is 0 Å². The van der Waals surface area contributed by atoms with E-state index in [1.165, 1.54) is 6.92 Å². The zero-order chi connectivity index (χ0) is 16.2. The van der Waals surface area contributed by atoms with Gasteiger partial charge in [-0.1, -0.05) is 18.2 Å². The Kier molecular flexibility index (Phi) is 5.31. The quantitative estimate of drug-likeness (QED) is 0.588. The SMILES string of the molecule is CC(=O)c1ccccc1C(=O)OCCN1CCS(=O)(=O)CC1. The van der Waals surface area contributed by atoms with Crippen LogP contribution in [0.1, 0.15) is 27.6 Å². The van der Waals surface area contributed by atoms with Gasteiger partial charge in [-0.25, -0.2) is 13.2 Å². The van der Waals surface area contributed by atoms with Gasteiger partial charge < -0.3 is 4.74 Å². The van der Waals surface area contributed by atoms with Crippen molar-refractivity contribution in [2.75, 3.05) is 37.7 Å². The van der Waals surface area contributed by atoms with Crippen LogP contribution in [0.25, 0.3) is 0 Å². The molecule has 1 heterocycles. The summed E-state index contributed by atoms with van der Waals surface area (Å²) in [5.74, 6) is -0.424. The van der Waals surface area contributed by atoms with Gasteiger partial charge in [0.25, 0.3) is 0 Å². The van der Waals surface area contributed by atoms with Crippen molar-refractivity contribution >= 4 is 21.6 Å². The number of hydrogen-bond acceptors (Lipinski definition) is 6. The number of rotatable bonds is 5. The zero-order valence-electron chi connectivity index (χ0n) is 12.4. The highest BCUT2D eigenvalue weighted by Crippen LogP contribution is 2.11. The second-order valence-electron chi connectivity index (χ2n) is 5.23. The van der Waals surface area contributed by atoms with E-state index in [4.69, 9.17) is 4.74 Å². The summed E-state index contributed by atoms with van der Waals surface area (Å²) in [4.78, 5) is 25.5. The minimum absolute atomic E-state index is 0.147. The van der Waals surface area contributed by atoms with Gasteiger partial charge >= 0.3 is 5.97 Å². The van der Waals surface area contributed by atoms with Gasteiger partial charge in [0, 0.05) is 25.2 Å². The number of nitrogens with zero attached hydrogens (tertiary/aromatic N) is 1. The van der Waals surface area contributed by atoms with Gasteiger partial charge in [0.2, 0.25) is 0 Å². The molecule has 0 aliphatic carbocycles. The molecule has 1 fully saturated rings. The third-order valence-corrected chi connectivity index (χ3v) is 5.21. The molecule has 0 bridgehead atoms. The lowest BCUT2D eigenvalue weighted by Gasteiger charge is -2.26. The molecule has 120 valence electrons.